The number of primary amides is 1. The molecular weight excluding hydrogens is 237 g/mol. The number of carbonyl (C=O) groups excluding carboxylic acids is 1. The number of hydrogen-bond donors (Lipinski definition) is 1. The quantitative estimate of drug-likeness (QED) is 0.890. The highest BCUT2D eigenvalue weighted by atomic mass is 35.5. The molecule has 1 aromatic carbocycles. The highest BCUT2D eigenvalue weighted by Gasteiger charge is 2.12. The first kappa shape index (κ1) is 12.1. The number of benzene rings is 1. The summed E-state index contributed by atoms with van der Waals surface area (Å²) in [5.74, 6) is -0.210. The fourth-order valence-corrected chi connectivity index (χ4v) is 1.37. The molecule has 0 atom stereocenters. The van der Waals surface area contributed by atoms with E-state index in [2.05, 4.69) is 0 Å². The largest absolute Gasteiger partial charge is 0.493 e. The van der Waals surface area contributed by atoms with Gasteiger partial charge >= 0.3 is 0 Å². The standard InChI is InChI=1S/C10H11Cl2NO2/c1-2-3-15-9-5-8(12)7(11)4-6(9)10(13)14/h4-5H,2-3H2,1H3,(H2,13,14). The molecule has 2 N–H and O–H groups in total. The molecule has 15 heavy (non-hydrogen) atoms. The number of hydrogen-bond acceptors (Lipinski definition) is 2. The van der Waals surface area contributed by atoms with Crippen LogP contribution in [0.3, 0.4) is 0 Å². The van der Waals surface area contributed by atoms with Crippen LogP contribution in [0.5, 0.6) is 5.75 Å². The number of halogens is 2. The van der Waals surface area contributed by atoms with Gasteiger partial charge in [-0.25, -0.2) is 0 Å². The third-order valence-electron chi connectivity index (χ3n) is 1.75. The van der Waals surface area contributed by atoms with E-state index in [4.69, 9.17) is 33.7 Å². The van der Waals surface area contributed by atoms with E-state index in [0.717, 1.165) is 6.42 Å². The van der Waals surface area contributed by atoms with Crippen molar-refractivity contribution in [3.8, 4) is 5.75 Å². The summed E-state index contributed by atoms with van der Waals surface area (Å²) in [6, 6.07) is 2.91. The monoisotopic (exact) mass is 247 g/mol. The molecular formula is C10H11Cl2NO2. The summed E-state index contributed by atoms with van der Waals surface area (Å²) in [6.07, 6.45) is 0.832. The van der Waals surface area contributed by atoms with Crippen LogP contribution in [0.15, 0.2) is 12.1 Å². The van der Waals surface area contributed by atoms with Crippen LogP contribution < -0.4 is 10.5 Å². The lowest BCUT2D eigenvalue weighted by molar-refractivity contribution is 0.0996. The van der Waals surface area contributed by atoms with Crippen LogP contribution in [0.2, 0.25) is 10.0 Å². The summed E-state index contributed by atoms with van der Waals surface area (Å²) in [4.78, 5) is 11.1. The minimum atomic E-state index is -0.584. The molecule has 0 aliphatic carbocycles. The normalized spacial score (nSPS) is 10.1. The maximum atomic E-state index is 11.1. The van der Waals surface area contributed by atoms with E-state index in [-0.39, 0.29) is 10.6 Å². The minimum Gasteiger partial charge on any atom is -0.493 e. The first-order valence-electron chi connectivity index (χ1n) is 4.48. The van der Waals surface area contributed by atoms with Crippen molar-refractivity contribution in [3.05, 3.63) is 27.7 Å². The molecule has 0 spiro atoms. The third-order valence-corrected chi connectivity index (χ3v) is 2.47. The van der Waals surface area contributed by atoms with Crippen molar-refractivity contribution in [2.45, 2.75) is 13.3 Å². The Bertz CT molecular complexity index is 380. The summed E-state index contributed by atoms with van der Waals surface area (Å²) in [6.45, 7) is 2.46. The van der Waals surface area contributed by atoms with Gasteiger partial charge in [0.15, 0.2) is 0 Å². The first-order chi connectivity index (χ1) is 7.06. The number of rotatable bonds is 4. The summed E-state index contributed by atoms with van der Waals surface area (Å²) >= 11 is 11.6. The van der Waals surface area contributed by atoms with Crippen molar-refractivity contribution in [2.75, 3.05) is 6.61 Å². The van der Waals surface area contributed by atoms with Crippen molar-refractivity contribution >= 4 is 29.1 Å². The van der Waals surface area contributed by atoms with Gasteiger partial charge in [0.05, 0.1) is 22.2 Å². The summed E-state index contributed by atoms with van der Waals surface area (Å²) < 4.78 is 5.34. The maximum Gasteiger partial charge on any atom is 0.252 e. The molecule has 5 heteroatoms. The van der Waals surface area contributed by atoms with Crippen molar-refractivity contribution in [1.82, 2.24) is 0 Å². The minimum absolute atomic E-state index is 0.248. The van der Waals surface area contributed by atoms with Gasteiger partial charge in [0, 0.05) is 6.07 Å². The van der Waals surface area contributed by atoms with Crippen molar-refractivity contribution in [2.24, 2.45) is 5.73 Å². The van der Waals surface area contributed by atoms with Gasteiger partial charge in [-0.3, -0.25) is 4.79 Å². The Kier molecular flexibility index (Phi) is 4.24. The lowest BCUT2D eigenvalue weighted by atomic mass is 10.2. The molecule has 0 fully saturated rings. The van der Waals surface area contributed by atoms with Gasteiger partial charge in [0.1, 0.15) is 5.75 Å². The highest BCUT2D eigenvalue weighted by molar-refractivity contribution is 6.42. The van der Waals surface area contributed by atoms with Crippen molar-refractivity contribution in [1.29, 1.82) is 0 Å². The van der Waals surface area contributed by atoms with Crippen LogP contribution in [-0.4, -0.2) is 12.5 Å². The van der Waals surface area contributed by atoms with E-state index in [1.54, 1.807) is 0 Å². The number of carbonyl (C=O) groups is 1. The molecule has 0 aliphatic heterocycles. The van der Waals surface area contributed by atoms with Crippen LogP contribution in [-0.2, 0) is 0 Å². The molecule has 82 valence electrons. The number of amides is 1. The van der Waals surface area contributed by atoms with E-state index >= 15 is 0 Å². The Hall–Kier alpha value is -0.930. The number of nitrogens with two attached hydrogens (primary N) is 1. The zero-order valence-electron chi connectivity index (χ0n) is 8.22. The Morgan fingerprint density at radius 2 is 2.00 bits per heavy atom. The van der Waals surface area contributed by atoms with Gasteiger partial charge in [0.25, 0.3) is 5.91 Å². The van der Waals surface area contributed by atoms with Gasteiger partial charge in [0.2, 0.25) is 0 Å². The van der Waals surface area contributed by atoms with E-state index in [0.29, 0.717) is 17.4 Å². The van der Waals surface area contributed by atoms with Crippen molar-refractivity contribution in [3.63, 3.8) is 0 Å². The topological polar surface area (TPSA) is 52.3 Å². The molecule has 0 aromatic heterocycles. The maximum absolute atomic E-state index is 11.1. The Labute approximate surface area is 98.1 Å². The zero-order chi connectivity index (χ0) is 11.4. The number of ether oxygens (including phenoxy) is 1. The van der Waals surface area contributed by atoms with Gasteiger partial charge in [-0.1, -0.05) is 30.1 Å². The van der Waals surface area contributed by atoms with E-state index in [1.807, 2.05) is 6.92 Å². The first-order valence-corrected chi connectivity index (χ1v) is 5.23. The molecule has 0 saturated carbocycles. The van der Waals surface area contributed by atoms with Crippen LogP contribution in [0.25, 0.3) is 0 Å². The Balaban J connectivity index is 3.10. The van der Waals surface area contributed by atoms with Crippen LogP contribution in [0.1, 0.15) is 23.7 Å². The molecule has 1 aromatic rings. The van der Waals surface area contributed by atoms with Crippen LogP contribution in [0, 0.1) is 0 Å². The molecule has 3 nitrogen and oxygen atoms in total. The van der Waals surface area contributed by atoms with E-state index < -0.39 is 5.91 Å². The fraction of sp³-hybridized carbons (Fsp3) is 0.300. The lowest BCUT2D eigenvalue weighted by Gasteiger charge is -2.09. The predicted molar refractivity (Wildman–Crippen MR) is 60.8 cm³/mol. The molecule has 0 heterocycles. The molecule has 0 radical (unpaired) electrons. The second kappa shape index (κ2) is 5.24. The lowest BCUT2D eigenvalue weighted by Crippen LogP contribution is -2.13. The highest BCUT2D eigenvalue weighted by Crippen LogP contribution is 2.30. The summed E-state index contributed by atoms with van der Waals surface area (Å²) in [5.41, 5.74) is 5.43. The summed E-state index contributed by atoms with van der Waals surface area (Å²) in [7, 11) is 0. The van der Waals surface area contributed by atoms with Gasteiger partial charge in [-0.15, -0.1) is 0 Å². The smallest absolute Gasteiger partial charge is 0.252 e. The Morgan fingerprint density at radius 3 is 2.53 bits per heavy atom. The van der Waals surface area contributed by atoms with Crippen LogP contribution in [0.4, 0.5) is 0 Å². The summed E-state index contributed by atoms with van der Waals surface area (Å²) in [5, 5.41) is 0.627. The molecule has 0 aliphatic rings. The Morgan fingerprint density at radius 1 is 1.40 bits per heavy atom. The molecule has 0 unspecified atom stereocenters. The van der Waals surface area contributed by atoms with Crippen molar-refractivity contribution < 1.29 is 9.53 Å². The fourth-order valence-electron chi connectivity index (χ4n) is 1.05. The van der Waals surface area contributed by atoms with Gasteiger partial charge < -0.3 is 10.5 Å². The van der Waals surface area contributed by atoms with Gasteiger partial charge in [-0.2, -0.15) is 0 Å². The van der Waals surface area contributed by atoms with E-state index in [9.17, 15) is 4.79 Å². The zero-order valence-corrected chi connectivity index (χ0v) is 9.73. The average molecular weight is 248 g/mol. The molecule has 1 amide bonds. The van der Waals surface area contributed by atoms with Gasteiger partial charge in [-0.05, 0) is 12.5 Å². The second-order valence-electron chi connectivity index (χ2n) is 2.98. The molecule has 1 rings (SSSR count). The third kappa shape index (κ3) is 3.01. The van der Waals surface area contributed by atoms with E-state index in [1.165, 1.54) is 12.1 Å². The predicted octanol–water partition coefficient (Wildman–Crippen LogP) is 2.88. The molecule has 0 saturated heterocycles. The van der Waals surface area contributed by atoms with Crippen LogP contribution >= 0.6 is 23.2 Å². The SMILES string of the molecule is CCCOc1cc(Cl)c(Cl)cc1C(N)=O. The second-order valence-corrected chi connectivity index (χ2v) is 3.79. The molecule has 0 bridgehead atoms. The average Bonchev–Trinajstić information content (AvgIpc) is 2.19.